The number of nitrogens with zero attached hydrogens (tertiary/aromatic N) is 3. The van der Waals surface area contributed by atoms with Gasteiger partial charge in [0.25, 0.3) is 0 Å². The third-order valence-electron chi connectivity index (χ3n) is 4.99. The Morgan fingerprint density at radius 1 is 1.25 bits per heavy atom. The number of rotatable bonds is 9. The summed E-state index contributed by atoms with van der Waals surface area (Å²) in [6.07, 6.45) is 5.37. The highest BCUT2D eigenvalue weighted by atomic mass is 32.2. The molecule has 0 spiro atoms. The molecule has 2 aromatic rings. The highest BCUT2D eigenvalue weighted by Gasteiger charge is 2.35. The van der Waals surface area contributed by atoms with Gasteiger partial charge >= 0.3 is 0 Å². The fourth-order valence-electron chi connectivity index (χ4n) is 3.14. The van der Waals surface area contributed by atoms with Gasteiger partial charge in [-0.15, -0.1) is 6.58 Å². The predicted molar refractivity (Wildman–Crippen MR) is 109 cm³/mol. The van der Waals surface area contributed by atoms with Crippen molar-refractivity contribution in [2.45, 2.75) is 37.2 Å². The molecule has 1 aliphatic carbocycles. The summed E-state index contributed by atoms with van der Waals surface area (Å²) in [5.74, 6) is -0.179. The van der Waals surface area contributed by atoms with Crippen LogP contribution in [0.2, 0.25) is 0 Å². The maximum absolute atomic E-state index is 13.1. The van der Waals surface area contributed by atoms with Crippen molar-refractivity contribution in [3.05, 3.63) is 66.5 Å². The third-order valence-corrected chi connectivity index (χ3v) is 6.82. The molecule has 1 fully saturated rings. The molecule has 28 heavy (non-hydrogen) atoms. The van der Waals surface area contributed by atoms with Crippen LogP contribution in [-0.2, 0) is 28.4 Å². The van der Waals surface area contributed by atoms with Gasteiger partial charge in [-0.3, -0.25) is 4.79 Å². The largest absolute Gasteiger partial charge is 0.353 e. The van der Waals surface area contributed by atoms with Crippen molar-refractivity contribution in [3.8, 4) is 0 Å². The molecule has 0 bridgehead atoms. The van der Waals surface area contributed by atoms with E-state index >= 15 is 0 Å². The molecule has 150 valence electrons. The zero-order valence-corrected chi connectivity index (χ0v) is 17.2. The Labute approximate surface area is 167 Å². The standard InChI is InChI=1S/C21H27N3O3S/c1-4-13-23(28(26,27)20-11-7-17(2)8-12-20)16-21(25)24(18-9-10-18)15-19-6-5-14-22(19)3/h4-8,11-12,14,18H,1,9-10,13,15-16H2,2-3H3. The van der Waals surface area contributed by atoms with Crippen molar-refractivity contribution in [3.63, 3.8) is 0 Å². The molecule has 3 rings (SSSR count). The van der Waals surface area contributed by atoms with Gasteiger partial charge in [0.05, 0.1) is 18.0 Å². The SMILES string of the molecule is C=CCN(CC(=O)N(Cc1cccn1C)C1CC1)S(=O)(=O)c1ccc(C)cc1. The zero-order chi connectivity index (χ0) is 20.3. The Morgan fingerprint density at radius 2 is 1.93 bits per heavy atom. The van der Waals surface area contributed by atoms with Crippen molar-refractivity contribution >= 4 is 15.9 Å². The van der Waals surface area contributed by atoms with Crippen molar-refractivity contribution < 1.29 is 13.2 Å². The summed E-state index contributed by atoms with van der Waals surface area (Å²) in [6.45, 7) is 5.94. The summed E-state index contributed by atoms with van der Waals surface area (Å²) in [7, 11) is -1.83. The van der Waals surface area contributed by atoms with E-state index in [-0.39, 0.29) is 29.9 Å². The van der Waals surface area contributed by atoms with Crippen LogP contribution >= 0.6 is 0 Å². The lowest BCUT2D eigenvalue weighted by molar-refractivity contribution is -0.132. The summed E-state index contributed by atoms with van der Waals surface area (Å²) in [4.78, 5) is 15.0. The minimum Gasteiger partial charge on any atom is -0.353 e. The van der Waals surface area contributed by atoms with E-state index in [9.17, 15) is 13.2 Å². The van der Waals surface area contributed by atoms with Crippen LogP contribution in [0.25, 0.3) is 0 Å². The van der Waals surface area contributed by atoms with E-state index in [4.69, 9.17) is 0 Å². The van der Waals surface area contributed by atoms with Gasteiger partial charge in [-0.25, -0.2) is 8.42 Å². The molecule has 6 nitrogen and oxygen atoms in total. The molecule has 1 aromatic heterocycles. The van der Waals surface area contributed by atoms with Crippen molar-refractivity contribution in [1.29, 1.82) is 0 Å². The highest BCUT2D eigenvalue weighted by molar-refractivity contribution is 7.89. The molecule has 0 unspecified atom stereocenters. The van der Waals surface area contributed by atoms with Crippen LogP contribution in [0.3, 0.4) is 0 Å². The van der Waals surface area contributed by atoms with Crippen LogP contribution in [0, 0.1) is 6.92 Å². The summed E-state index contributed by atoms with van der Waals surface area (Å²) < 4.78 is 29.3. The molecule has 1 saturated carbocycles. The molecule has 0 aliphatic heterocycles. The Hall–Kier alpha value is -2.38. The van der Waals surface area contributed by atoms with E-state index in [0.29, 0.717) is 6.54 Å². The maximum atomic E-state index is 13.1. The van der Waals surface area contributed by atoms with Gasteiger partial charge in [0.1, 0.15) is 0 Å². The van der Waals surface area contributed by atoms with Gasteiger partial charge in [0.2, 0.25) is 15.9 Å². The average molecular weight is 402 g/mol. The van der Waals surface area contributed by atoms with Crippen LogP contribution in [0.1, 0.15) is 24.1 Å². The van der Waals surface area contributed by atoms with E-state index < -0.39 is 10.0 Å². The number of hydrogen-bond donors (Lipinski definition) is 0. The Balaban J connectivity index is 1.80. The predicted octanol–water partition coefficient (Wildman–Crippen LogP) is 2.70. The van der Waals surface area contributed by atoms with Gasteiger partial charge in [-0.1, -0.05) is 23.8 Å². The first-order chi connectivity index (χ1) is 13.3. The lowest BCUT2D eigenvalue weighted by Gasteiger charge is -2.27. The van der Waals surface area contributed by atoms with Crippen molar-refractivity contribution in [2.75, 3.05) is 13.1 Å². The molecule has 1 aromatic carbocycles. The van der Waals surface area contributed by atoms with Crippen LogP contribution in [0.5, 0.6) is 0 Å². The Morgan fingerprint density at radius 3 is 2.46 bits per heavy atom. The van der Waals surface area contributed by atoms with E-state index in [0.717, 1.165) is 24.1 Å². The van der Waals surface area contributed by atoms with Crippen molar-refractivity contribution in [1.82, 2.24) is 13.8 Å². The minimum atomic E-state index is -3.77. The van der Waals surface area contributed by atoms with Crippen LogP contribution in [0.15, 0.2) is 60.1 Å². The summed E-state index contributed by atoms with van der Waals surface area (Å²) in [5.41, 5.74) is 2.00. The number of carbonyl (C=O) groups is 1. The van der Waals surface area contributed by atoms with E-state index in [2.05, 4.69) is 6.58 Å². The number of hydrogen-bond acceptors (Lipinski definition) is 3. The van der Waals surface area contributed by atoms with Gasteiger partial charge in [0.15, 0.2) is 0 Å². The van der Waals surface area contributed by atoms with Gasteiger partial charge in [-0.05, 0) is 44.0 Å². The molecular formula is C21H27N3O3S. The Kier molecular flexibility index (Phi) is 6.05. The average Bonchev–Trinajstić information content (AvgIpc) is 3.42. The number of carbonyl (C=O) groups excluding carboxylic acids is 1. The summed E-state index contributed by atoms with van der Waals surface area (Å²) >= 11 is 0. The topological polar surface area (TPSA) is 62.6 Å². The molecule has 7 heteroatoms. The lowest BCUT2D eigenvalue weighted by Crippen LogP contribution is -2.43. The second-order valence-corrected chi connectivity index (χ2v) is 9.20. The second kappa shape index (κ2) is 8.32. The quantitative estimate of drug-likeness (QED) is 0.607. The number of amides is 1. The number of sulfonamides is 1. The minimum absolute atomic E-state index is 0.0879. The monoisotopic (exact) mass is 401 g/mol. The maximum Gasteiger partial charge on any atom is 0.243 e. The van der Waals surface area contributed by atoms with Crippen LogP contribution < -0.4 is 0 Å². The highest BCUT2D eigenvalue weighted by Crippen LogP contribution is 2.29. The van der Waals surface area contributed by atoms with Crippen molar-refractivity contribution in [2.24, 2.45) is 7.05 Å². The van der Waals surface area contributed by atoms with Gasteiger partial charge in [-0.2, -0.15) is 4.31 Å². The molecule has 0 saturated heterocycles. The first kappa shape index (κ1) is 20.4. The smallest absolute Gasteiger partial charge is 0.243 e. The van der Waals surface area contributed by atoms with Gasteiger partial charge in [0, 0.05) is 31.5 Å². The summed E-state index contributed by atoms with van der Waals surface area (Å²) in [6, 6.07) is 10.8. The molecule has 1 aliphatic rings. The normalized spacial score (nSPS) is 14.2. The van der Waals surface area contributed by atoms with E-state index in [1.807, 2.05) is 36.9 Å². The fourth-order valence-corrected chi connectivity index (χ4v) is 4.50. The second-order valence-electron chi connectivity index (χ2n) is 7.26. The molecule has 0 radical (unpaired) electrons. The van der Waals surface area contributed by atoms with Crippen LogP contribution in [0.4, 0.5) is 0 Å². The molecule has 1 amide bonds. The summed E-state index contributed by atoms with van der Waals surface area (Å²) in [5, 5.41) is 0. The Bertz CT molecular complexity index is 944. The third kappa shape index (κ3) is 4.54. The van der Waals surface area contributed by atoms with E-state index in [1.165, 1.54) is 10.4 Å². The zero-order valence-electron chi connectivity index (χ0n) is 16.4. The first-order valence-corrected chi connectivity index (χ1v) is 10.8. The molecule has 0 N–H and O–H groups in total. The number of aromatic nitrogens is 1. The molecule has 1 heterocycles. The number of aryl methyl sites for hydroxylation is 2. The van der Waals surface area contributed by atoms with E-state index in [1.54, 1.807) is 29.2 Å². The van der Waals surface area contributed by atoms with Gasteiger partial charge < -0.3 is 9.47 Å². The van der Waals surface area contributed by atoms with Crippen LogP contribution in [-0.4, -0.2) is 47.2 Å². The fraction of sp³-hybridized carbons (Fsp3) is 0.381. The molecular weight excluding hydrogens is 374 g/mol. The number of benzene rings is 1. The lowest BCUT2D eigenvalue weighted by atomic mass is 10.2. The first-order valence-electron chi connectivity index (χ1n) is 9.40. The molecule has 0 atom stereocenters.